The smallest absolute Gasteiger partial charge is 0.111 e. The average Bonchev–Trinajstić information content (AvgIpc) is 2.67. The van der Waals surface area contributed by atoms with Crippen molar-refractivity contribution in [1.82, 2.24) is 0 Å². The van der Waals surface area contributed by atoms with Gasteiger partial charge in [-0.15, -0.1) is 0 Å². The maximum absolute atomic E-state index is 5.96. The Kier molecular flexibility index (Phi) is 1.99. The van der Waals surface area contributed by atoms with E-state index in [9.17, 15) is 0 Å². The summed E-state index contributed by atoms with van der Waals surface area (Å²) in [7, 11) is 0. The van der Waals surface area contributed by atoms with Crippen LogP contribution in [0.15, 0.2) is 27.2 Å². The quantitative estimate of drug-likeness (QED) is 0.642. The van der Waals surface area contributed by atoms with Crippen LogP contribution in [0.25, 0.3) is 0 Å². The third-order valence-corrected chi connectivity index (χ3v) is 5.53. The van der Waals surface area contributed by atoms with E-state index in [1.165, 1.54) is 16.7 Å². The Hall–Kier alpha value is -0.120. The molecule has 0 saturated heterocycles. The van der Waals surface area contributed by atoms with Crippen LogP contribution in [0.3, 0.4) is 0 Å². The van der Waals surface area contributed by atoms with Crippen molar-refractivity contribution in [2.45, 2.75) is 25.6 Å². The number of aryl methyl sites for hydroxylation is 1. The zero-order chi connectivity index (χ0) is 10.8. The second-order valence-electron chi connectivity index (χ2n) is 4.29. The molecule has 2 unspecified atom stereocenters. The molecule has 1 aromatic rings. The molecule has 0 spiro atoms. The van der Waals surface area contributed by atoms with Crippen molar-refractivity contribution in [3.63, 3.8) is 0 Å². The number of hydrogen-bond acceptors (Lipinski definition) is 1. The van der Waals surface area contributed by atoms with Crippen LogP contribution in [0.4, 0.5) is 0 Å². The highest BCUT2D eigenvalue weighted by Crippen LogP contribution is 2.54. The van der Waals surface area contributed by atoms with Crippen LogP contribution < -0.4 is 0 Å². The molecule has 1 aromatic carbocycles. The lowest BCUT2D eigenvalue weighted by molar-refractivity contribution is 0.0110. The Morgan fingerprint density at radius 1 is 1.33 bits per heavy atom. The van der Waals surface area contributed by atoms with E-state index in [2.05, 4.69) is 63.9 Å². The predicted molar refractivity (Wildman–Crippen MR) is 66.9 cm³/mol. The average molecular weight is 330 g/mol. The van der Waals surface area contributed by atoms with Crippen molar-refractivity contribution in [3.05, 3.63) is 43.9 Å². The zero-order valence-corrected chi connectivity index (χ0v) is 11.6. The molecule has 78 valence electrons. The molecule has 3 rings (SSSR count). The summed E-state index contributed by atoms with van der Waals surface area (Å²) in [5, 5.41) is 0. The first-order valence-electron chi connectivity index (χ1n) is 4.89. The summed E-state index contributed by atoms with van der Waals surface area (Å²) >= 11 is 7.26. The van der Waals surface area contributed by atoms with E-state index < -0.39 is 0 Å². The number of rotatable bonds is 0. The van der Waals surface area contributed by atoms with Crippen LogP contribution in [0.1, 0.15) is 29.7 Å². The van der Waals surface area contributed by atoms with Gasteiger partial charge in [0.05, 0.1) is 0 Å². The Morgan fingerprint density at radius 3 is 2.80 bits per heavy atom. The molecule has 2 bridgehead atoms. The lowest BCUT2D eigenvalue weighted by Gasteiger charge is -2.21. The summed E-state index contributed by atoms with van der Waals surface area (Å²) < 4.78 is 8.22. The zero-order valence-electron chi connectivity index (χ0n) is 8.47. The molecule has 0 radical (unpaired) electrons. The molecular formula is C12H10Br2O. The lowest BCUT2D eigenvalue weighted by Crippen LogP contribution is -2.16. The molecule has 0 saturated carbocycles. The fourth-order valence-electron chi connectivity index (χ4n) is 2.43. The van der Waals surface area contributed by atoms with Crippen molar-refractivity contribution in [3.8, 4) is 0 Å². The summed E-state index contributed by atoms with van der Waals surface area (Å²) in [5.41, 5.74) is 3.57. The Balaban J connectivity index is 2.36. The largest absolute Gasteiger partial charge is 0.354 e. The first-order valence-corrected chi connectivity index (χ1v) is 6.48. The first-order chi connectivity index (χ1) is 7.03. The van der Waals surface area contributed by atoms with Gasteiger partial charge < -0.3 is 4.74 Å². The van der Waals surface area contributed by atoms with Gasteiger partial charge in [-0.2, -0.15) is 0 Å². The monoisotopic (exact) mass is 328 g/mol. The van der Waals surface area contributed by atoms with Crippen molar-refractivity contribution < 1.29 is 4.74 Å². The van der Waals surface area contributed by atoms with Crippen molar-refractivity contribution >= 4 is 31.9 Å². The Labute approximate surface area is 106 Å². The van der Waals surface area contributed by atoms with Gasteiger partial charge in [0.2, 0.25) is 0 Å². The topological polar surface area (TPSA) is 9.23 Å². The minimum Gasteiger partial charge on any atom is -0.354 e. The molecule has 1 nitrogen and oxygen atoms in total. The predicted octanol–water partition coefficient (Wildman–Crippen LogP) is 4.38. The third-order valence-electron chi connectivity index (χ3n) is 3.18. The van der Waals surface area contributed by atoms with Crippen LogP contribution in [-0.4, -0.2) is 0 Å². The maximum Gasteiger partial charge on any atom is 0.111 e. The summed E-state index contributed by atoms with van der Waals surface area (Å²) in [4.78, 5) is 0. The van der Waals surface area contributed by atoms with Crippen LogP contribution in [0.2, 0.25) is 0 Å². The number of ether oxygens (including phenoxy) is 1. The van der Waals surface area contributed by atoms with Gasteiger partial charge >= 0.3 is 0 Å². The maximum atomic E-state index is 5.96. The summed E-state index contributed by atoms with van der Waals surface area (Å²) in [6, 6.07) is 2.21. The van der Waals surface area contributed by atoms with E-state index in [4.69, 9.17) is 4.74 Å². The molecule has 3 heteroatoms. The number of hydrogen-bond donors (Lipinski definition) is 0. The lowest BCUT2D eigenvalue weighted by atomic mass is 9.88. The van der Waals surface area contributed by atoms with Gasteiger partial charge in [0.25, 0.3) is 0 Å². The fraction of sp³-hybridized carbons (Fsp3) is 0.333. The first kappa shape index (κ1) is 10.1. The van der Waals surface area contributed by atoms with E-state index >= 15 is 0 Å². The molecular weight excluding hydrogens is 320 g/mol. The van der Waals surface area contributed by atoms with Crippen molar-refractivity contribution in [2.75, 3.05) is 0 Å². The van der Waals surface area contributed by atoms with Crippen LogP contribution in [0.5, 0.6) is 0 Å². The Bertz CT molecular complexity index is 493. The van der Waals surface area contributed by atoms with Crippen molar-refractivity contribution in [1.29, 1.82) is 0 Å². The molecule has 0 N–H and O–H groups in total. The standard InChI is InChI=1S/C12H10Br2O/c1-6-5-7-8-3-4-12(2,15-8)9(7)11(14)10(6)13/h3-5,8H,1-2H3. The van der Waals surface area contributed by atoms with Gasteiger partial charge in [0.1, 0.15) is 11.7 Å². The number of benzene rings is 1. The summed E-state index contributed by atoms with van der Waals surface area (Å²) in [6.45, 7) is 4.22. The highest BCUT2D eigenvalue weighted by atomic mass is 79.9. The second-order valence-corrected chi connectivity index (χ2v) is 5.88. The van der Waals surface area contributed by atoms with E-state index in [-0.39, 0.29) is 11.7 Å². The highest BCUT2D eigenvalue weighted by molar-refractivity contribution is 9.13. The molecule has 0 aromatic heterocycles. The van der Waals surface area contributed by atoms with Gasteiger partial charge in [-0.05, 0) is 62.9 Å². The summed E-state index contributed by atoms with van der Waals surface area (Å²) in [5.74, 6) is 0. The molecule has 2 heterocycles. The molecule has 2 atom stereocenters. The van der Waals surface area contributed by atoms with Gasteiger partial charge in [0, 0.05) is 14.5 Å². The molecule has 15 heavy (non-hydrogen) atoms. The number of fused-ring (bicyclic) bond motifs is 5. The summed E-state index contributed by atoms with van der Waals surface area (Å²) in [6.07, 6.45) is 4.43. The minimum absolute atomic E-state index is 0.146. The van der Waals surface area contributed by atoms with Crippen LogP contribution in [-0.2, 0) is 10.3 Å². The van der Waals surface area contributed by atoms with Gasteiger partial charge in [-0.25, -0.2) is 0 Å². The van der Waals surface area contributed by atoms with E-state index in [1.807, 2.05) is 0 Å². The normalized spacial score (nSPS) is 31.1. The van der Waals surface area contributed by atoms with E-state index in [1.54, 1.807) is 0 Å². The third kappa shape index (κ3) is 1.17. The van der Waals surface area contributed by atoms with E-state index in [0.717, 1.165) is 8.95 Å². The second kappa shape index (κ2) is 2.96. The van der Waals surface area contributed by atoms with E-state index in [0.29, 0.717) is 0 Å². The minimum atomic E-state index is -0.241. The fourth-order valence-corrected chi connectivity index (χ4v) is 3.68. The SMILES string of the molecule is Cc1cc2c(c(Br)c1Br)C1(C)C=CC2O1. The molecule has 0 amide bonds. The van der Waals surface area contributed by atoms with Gasteiger partial charge in [0.15, 0.2) is 0 Å². The number of halogens is 2. The molecule has 2 aliphatic rings. The molecule has 0 fully saturated rings. The van der Waals surface area contributed by atoms with Crippen molar-refractivity contribution in [2.24, 2.45) is 0 Å². The molecule has 0 aliphatic carbocycles. The van der Waals surface area contributed by atoms with Gasteiger partial charge in [-0.3, -0.25) is 0 Å². The molecule has 2 aliphatic heterocycles. The Morgan fingerprint density at radius 2 is 2.07 bits per heavy atom. The highest BCUT2D eigenvalue weighted by Gasteiger charge is 2.45. The van der Waals surface area contributed by atoms with Gasteiger partial charge in [-0.1, -0.05) is 12.1 Å². The van der Waals surface area contributed by atoms with Crippen LogP contribution in [0, 0.1) is 6.92 Å². The van der Waals surface area contributed by atoms with Crippen LogP contribution >= 0.6 is 31.9 Å².